The van der Waals surface area contributed by atoms with Crippen LogP contribution in [0.15, 0.2) is 35.1 Å². The van der Waals surface area contributed by atoms with Crippen molar-refractivity contribution in [1.29, 1.82) is 0 Å². The van der Waals surface area contributed by atoms with Gasteiger partial charge >= 0.3 is 6.18 Å². The zero-order chi connectivity index (χ0) is 14.8. The number of halogens is 4. The van der Waals surface area contributed by atoms with E-state index in [1.165, 1.54) is 4.68 Å². The van der Waals surface area contributed by atoms with Gasteiger partial charge in [-0.25, -0.2) is 4.68 Å². The lowest BCUT2D eigenvalue weighted by Crippen LogP contribution is -2.14. The fourth-order valence-corrected chi connectivity index (χ4v) is 2.11. The molecule has 0 amide bonds. The molecule has 2 rings (SSSR count). The Hall–Kier alpha value is -1.34. The molecule has 0 atom stereocenters. The molecule has 3 nitrogen and oxygen atoms in total. The zero-order valence-corrected chi connectivity index (χ0v) is 12.3. The normalized spacial score (nSPS) is 11.8. The first-order chi connectivity index (χ1) is 9.41. The molecule has 1 aromatic heterocycles. The minimum atomic E-state index is -4.38. The van der Waals surface area contributed by atoms with Crippen molar-refractivity contribution in [2.24, 2.45) is 0 Å². The molecule has 1 heterocycles. The summed E-state index contributed by atoms with van der Waals surface area (Å²) in [6, 6.07) is 5.46. The maximum atomic E-state index is 12.6. The summed E-state index contributed by atoms with van der Waals surface area (Å²) in [6.45, 7) is 3.32. The van der Waals surface area contributed by atoms with Gasteiger partial charge in [0.25, 0.3) is 0 Å². The molecule has 0 fully saturated rings. The number of hydrogen-bond donors (Lipinski definition) is 1. The molecule has 0 aliphatic rings. The third-order valence-corrected chi connectivity index (χ3v) is 3.26. The third-order valence-electron chi connectivity index (χ3n) is 2.77. The molecule has 0 spiro atoms. The van der Waals surface area contributed by atoms with Crippen molar-refractivity contribution in [1.82, 2.24) is 15.1 Å². The molecular formula is C13H13BrF3N3. The van der Waals surface area contributed by atoms with E-state index in [4.69, 9.17) is 0 Å². The van der Waals surface area contributed by atoms with Crippen LogP contribution in [-0.2, 0) is 12.7 Å². The van der Waals surface area contributed by atoms with E-state index in [0.29, 0.717) is 12.2 Å². The average Bonchev–Trinajstić information content (AvgIpc) is 2.86. The Balaban J connectivity index is 2.40. The van der Waals surface area contributed by atoms with Gasteiger partial charge in [0.2, 0.25) is 0 Å². The number of rotatable bonds is 4. The first-order valence-corrected chi connectivity index (χ1v) is 6.82. The second-order valence-corrected chi connectivity index (χ2v) is 5.14. The predicted octanol–water partition coefficient (Wildman–Crippen LogP) is 3.76. The Bertz CT molecular complexity index is 593. The van der Waals surface area contributed by atoms with Crippen LogP contribution < -0.4 is 5.32 Å². The molecule has 0 saturated carbocycles. The molecule has 1 N–H and O–H groups in total. The standard InChI is InChI=1S/C13H13BrF3N3/c1-2-18-6-9-3-4-11(14)5-12(9)20-8-10(7-19-20)13(15,16)17/h3-5,7-8,18H,2,6H2,1H3. The van der Waals surface area contributed by atoms with Gasteiger partial charge in [0.1, 0.15) is 0 Å². The third kappa shape index (κ3) is 3.40. The average molecular weight is 348 g/mol. The predicted molar refractivity (Wildman–Crippen MR) is 73.6 cm³/mol. The van der Waals surface area contributed by atoms with Crippen molar-refractivity contribution in [3.63, 3.8) is 0 Å². The lowest BCUT2D eigenvalue weighted by molar-refractivity contribution is -0.137. The highest BCUT2D eigenvalue weighted by atomic mass is 79.9. The largest absolute Gasteiger partial charge is 0.419 e. The molecule has 0 aliphatic heterocycles. The van der Waals surface area contributed by atoms with Gasteiger partial charge in [-0.2, -0.15) is 18.3 Å². The summed E-state index contributed by atoms with van der Waals surface area (Å²) in [5.74, 6) is 0. The van der Waals surface area contributed by atoms with Crippen LogP contribution >= 0.6 is 15.9 Å². The number of alkyl halides is 3. The highest BCUT2D eigenvalue weighted by molar-refractivity contribution is 9.10. The second kappa shape index (κ2) is 5.97. The molecule has 0 radical (unpaired) electrons. The van der Waals surface area contributed by atoms with Gasteiger partial charge in [0.15, 0.2) is 0 Å². The summed E-state index contributed by atoms with van der Waals surface area (Å²) in [7, 11) is 0. The smallest absolute Gasteiger partial charge is 0.313 e. The summed E-state index contributed by atoms with van der Waals surface area (Å²) in [5, 5.41) is 6.96. The Kier molecular flexibility index (Phi) is 4.49. The van der Waals surface area contributed by atoms with E-state index in [-0.39, 0.29) is 0 Å². The Morgan fingerprint density at radius 1 is 1.35 bits per heavy atom. The van der Waals surface area contributed by atoms with Crippen LogP contribution in [0.1, 0.15) is 18.1 Å². The van der Waals surface area contributed by atoms with Gasteiger partial charge in [-0.1, -0.05) is 28.9 Å². The highest BCUT2D eigenvalue weighted by Gasteiger charge is 2.32. The Labute approximate surface area is 122 Å². The van der Waals surface area contributed by atoms with Crippen molar-refractivity contribution in [2.45, 2.75) is 19.6 Å². The van der Waals surface area contributed by atoms with Crippen LogP contribution in [0, 0.1) is 0 Å². The fraction of sp³-hybridized carbons (Fsp3) is 0.308. The van der Waals surface area contributed by atoms with Crippen LogP contribution in [0.2, 0.25) is 0 Å². The van der Waals surface area contributed by atoms with Gasteiger partial charge < -0.3 is 5.32 Å². The zero-order valence-electron chi connectivity index (χ0n) is 10.7. The van der Waals surface area contributed by atoms with E-state index < -0.39 is 11.7 Å². The molecule has 0 unspecified atom stereocenters. The Morgan fingerprint density at radius 3 is 2.70 bits per heavy atom. The van der Waals surface area contributed by atoms with Gasteiger partial charge in [0, 0.05) is 17.2 Å². The van der Waals surface area contributed by atoms with E-state index in [0.717, 1.165) is 29.0 Å². The number of nitrogens with one attached hydrogen (secondary N) is 1. The van der Waals surface area contributed by atoms with Crippen molar-refractivity contribution < 1.29 is 13.2 Å². The maximum absolute atomic E-state index is 12.6. The van der Waals surface area contributed by atoms with Gasteiger partial charge in [-0.05, 0) is 24.2 Å². The van der Waals surface area contributed by atoms with Crippen molar-refractivity contribution in [3.05, 3.63) is 46.2 Å². The lowest BCUT2D eigenvalue weighted by Gasteiger charge is -2.10. The van der Waals surface area contributed by atoms with Crippen molar-refractivity contribution >= 4 is 15.9 Å². The van der Waals surface area contributed by atoms with Crippen molar-refractivity contribution in [2.75, 3.05) is 6.54 Å². The van der Waals surface area contributed by atoms with Crippen LogP contribution in [0.4, 0.5) is 13.2 Å². The molecule has 2 aromatic rings. The van der Waals surface area contributed by atoms with Gasteiger partial charge in [-0.3, -0.25) is 0 Å². The van der Waals surface area contributed by atoms with E-state index in [2.05, 4.69) is 26.3 Å². The minimum absolute atomic E-state index is 0.570. The number of nitrogens with zero attached hydrogens (tertiary/aromatic N) is 2. The van der Waals surface area contributed by atoms with Gasteiger partial charge in [0.05, 0.1) is 17.4 Å². The van der Waals surface area contributed by atoms with E-state index >= 15 is 0 Å². The molecule has 20 heavy (non-hydrogen) atoms. The second-order valence-electron chi connectivity index (χ2n) is 4.22. The molecule has 0 bridgehead atoms. The van der Waals surface area contributed by atoms with Gasteiger partial charge in [-0.15, -0.1) is 0 Å². The first kappa shape index (κ1) is 15.1. The summed E-state index contributed by atoms with van der Waals surface area (Å²) in [6.07, 6.45) is -2.55. The van der Waals surface area contributed by atoms with Crippen molar-refractivity contribution in [3.8, 4) is 5.69 Å². The summed E-state index contributed by atoms with van der Waals surface area (Å²) in [5.41, 5.74) is 0.745. The first-order valence-electron chi connectivity index (χ1n) is 6.03. The molecule has 108 valence electrons. The SMILES string of the molecule is CCNCc1ccc(Br)cc1-n1cc(C(F)(F)F)cn1. The van der Waals surface area contributed by atoms with E-state index in [9.17, 15) is 13.2 Å². The Morgan fingerprint density at radius 2 is 2.10 bits per heavy atom. The minimum Gasteiger partial charge on any atom is -0.313 e. The highest BCUT2D eigenvalue weighted by Crippen LogP contribution is 2.30. The van der Waals surface area contributed by atoms with Crippen LogP contribution in [0.3, 0.4) is 0 Å². The summed E-state index contributed by atoms with van der Waals surface area (Å²) < 4.78 is 39.9. The van der Waals surface area contributed by atoms with E-state index in [1.54, 1.807) is 6.07 Å². The van der Waals surface area contributed by atoms with Crippen LogP contribution in [0.25, 0.3) is 5.69 Å². The van der Waals surface area contributed by atoms with Crippen LogP contribution in [0.5, 0.6) is 0 Å². The topological polar surface area (TPSA) is 29.9 Å². The number of aromatic nitrogens is 2. The number of benzene rings is 1. The maximum Gasteiger partial charge on any atom is 0.419 e. The summed E-state index contributed by atoms with van der Waals surface area (Å²) in [4.78, 5) is 0. The molecule has 1 aromatic carbocycles. The van der Waals surface area contributed by atoms with Crippen LogP contribution in [-0.4, -0.2) is 16.3 Å². The number of hydrogen-bond acceptors (Lipinski definition) is 2. The molecular weight excluding hydrogens is 335 g/mol. The molecule has 0 aliphatic carbocycles. The molecule has 0 saturated heterocycles. The lowest BCUT2D eigenvalue weighted by atomic mass is 10.2. The van der Waals surface area contributed by atoms with E-state index in [1.807, 2.05) is 19.1 Å². The quantitative estimate of drug-likeness (QED) is 0.912. The monoisotopic (exact) mass is 347 g/mol. The summed E-state index contributed by atoms with van der Waals surface area (Å²) >= 11 is 3.32. The molecule has 7 heteroatoms. The fourth-order valence-electron chi connectivity index (χ4n) is 1.76.